The van der Waals surface area contributed by atoms with Gasteiger partial charge in [-0.1, -0.05) is 36.4 Å². The van der Waals surface area contributed by atoms with Crippen molar-refractivity contribution in [3.05, 3.63) is 42.0 Å². The largest absolute Gasteiger partial charge is 0.496 e. The van der Waals surface area contributed by atoms with Crippen LogP contribution in [0.25, 0.3) is 10.8 Å². The van der Waals surface area contributed by atoms with E-state index in [1.165, 1.54) is 0 Å². The van der Waals surface area contributed by atoms with Gasteiger partial charge in [0.25, 0.3) is 0 Å². The van der Waals surface area contributed by atoms with Gasteiger partial charge in [-0.2, -0.15) is 0 Å². The van der Waals surface area contributed by atoms with Crippen molar-refractivity contribution in [2.45, 2.75) is 13.0 Å². The fraction of sp³-hybridized carbons (Fsp3) is 0.231. The van der Waals surface area contributed by atoms with Gasteiger partial charge in [0.05, 0.1) is 13.2 Å². The second-order valence-corrected chi connectivity index (χ2v) is 3.59. The van der Waals surface area contributed by atoms with Crippen LogP contribution < -0.4 is 4.74 Å². The lowest BCUT2D eigenvalue weighted by molar-refractivity contribution is 0.194. The van der Waals surface area contributed by atoms with Gasteiger partial charge in [-0.05, 0) is 12.3 Å². The molecule has 2 rings (SSSR count). The molecule has 1 unspecified atom stereocenters. The van der Waals surface area contributed by atoms with E-state index >= 15 is 0 Å². The van der Waals surface area contributed by atoms with Gasteiger partial charge in [-0.25, -0.2) is 0 Å². The van der Waals surface area contributed by atoms with Crippen molar-refractivity contribution in [3.8, 4) is 5.75 Å². The Kier molecular flexibility index (Phi) is 2.60. The first-order valence-electron chi connectivity index (χ1n) is 4.97. The Bertz CT molecular complexity index is 475. The molecule has 78 valence electrons. The van der Waals surface area contributed by atoms with Crippen molar-refractivity contribution < 1.29 is 9.84 Å². The molecule has 0 amide bonds. The van der Waals surface area contributed by atoms with E-state index in [4.69, 9.17) is 4.74 Å². The van der Waals surface area contributed by atoms with Crippen molar-refractivity contribution in [2.24, 2.45) is 0 Å². The fourth-order valence-corrected chi connectivity index (χ4v) is 1.82. The number of aliphatic hydroxyl groups is 1. The van der Waals surface area contributed by atoms with E-state index in [9.17, 15) is 5.11 Å². The van der Waals surface area contributed by atoms with Gasteiger partial charge >= 0.3 is 0 Å². The Morgan fingerprint density at radius 2 is 1.87 bits per heavy atom. The molecule has 0 radical (unpaired) electrons. The maximum Gasteiger partial charge on any atom is 0.132 e. The predicted molar refractivity (Wildman–Crippen MR) is 61.1 cm³/mol. The highest BCUT2D eigenvalue weighted by atomic mass is 16.5. The summed E-state index contributed by atoms with van der Waals surface area (Å²) in [5.74, 6) is 0.767. The number of aliphatic hydroxyl groups excluding tert-OH is 1. The van der Waals surface area contributed by atoms with Crippen LogP contribution in [-0.2, 0) is 0 Å². The fourth-order valence-electron chi connectivity index (χ4n) is 1.82. The van der Waals surface area contributed by atoms with Crippen molar-refractivity contribution in [1.29, 1.82) is 0 Å². The van der Waals surface area contributed by atoms with Gasteiger partial charge in [-0.3, -0.25) is 0 Å². The Balaban J connectivity index is 2.75. The molecule has 1 atom stereocenters. The summed E-state index contributed by atoms with van der Waals surface area (Å²) >= 11 is 0. The Labute approximate surface area is 89.1 Å². The molecule has 1 N–H and O–H groups in total. The minimum Gasteiger partial charge on any atom is -0.496 e. The zero-order valence-electron chi connectivity index (χ0n) is 8.90. The molecule has 2 aromatic carbocycles. The number of rotatable bonds is 2. The lowest BCUT2D eigenvalue weighted by Gasteiger charge is -2.13. The van der Waals surface area contributed by atoms with Crippen LogP contribution >= 0.6 is 0 Å². The Hall–Kier alpha value is -1.54. The number of benzene rings is 2. The number of hydrogen-bond donors (Lipinski definition) is 1. The van der Waals surface area contributed by atoms with Crippen molar-refractivity contribution in [1.82, 2.24) is 0 Å². The first-order chi connectivity index (χ1) is 7.24. The number of hydrogen-bond acceptors (Lipinski definition) is 2. The summed E-state index contributed by atoms with van der Waals surface area (Å²) in [6.45, 7) is 1.74. The summed E-state index contributed by atoms with van der Waals surface area (Å²) in [6.07, 6.45) is -0.510. The molecule has 15 heavy (non-hydrogen) atoms. The second-order valence-electron chi connectivity index (χ2n) is 3.59. The van der Waals surface area contributed by atoms with E-state index in [1.807, 2.05) is 36.4 Å². The molecule has 0 aliphatic carbocycles. The average molecular weight is 202 g/mol. The molecule has 0 spiro atoms. The van der Waals surface area contributed by atoms with Crippen LogP contribution in [0.4, 0.5) is 0 Å². The highest BCUT2D eigenvalue weighted by molar-refractivity contribution is 5.89. The molecular formula is C13H14O2. The summed E-state index contributed by atoms with van der Waals surface area (Å²) in [7, 11) is 1.63. The lowest BCUT2D eigenvalue weighted by atomic mass is 10.0. The van der Waals surface area contributed by atoms with E-state index < -0.39 is 6.10 Å². The molecule has 0 aromatic heterocycles. The monoisotopic (exact) mass is 202 g/mol. The van der Waals surface area contributed by atoms with E-state index in [2.05, 4.69) is 0 Å². The summed E-state index contributed by atoms with van der Waals surface area (Å²) in [5.41, 5.74) is 0.830. The highest BCUT2D eigenvalue weighted by Gasteiger charge is 2.11. The Morgan fingerprint density at radius 3 is 2.53 bits per heavy atom. The smallest absolute Gasteiger partial charge is 0.132 e. The summed E-state index contributed by atoms with van der Waals surface area (Å²) in [6, 6.07) is 11.9. The van der Waals surface area contributed by atoms with Crippen LogP contribution in [0.3, 0.4) is 0 Å². The molecule has 0 fully saturated rings. The summed E-state index contributed by atoms with van der Waals surface area (Å²) < 4.78 is 5.36. The maximum atomic E-state index is 9.62. The van der Waals surface area contributed by atoms with Crippen LogP contribution in [0, 0.1) is 0 Å². The van der Waals surface area contributed by atoms with Gasteiger partial charge in [0, 0.05) is 10.9 Å². The molecule has 0 saturated heterocycles. The quantitative estimate of drug-likeness (QED) is 0.811. The van der Waals surface area contributed by atoms with Gasteiger partial charge < -0.3 is 9.84 Å². The van der Waals surface area contributed by atoms with Crippen molar-refractivity contribution >= 4 is 10.8 Å². The van der Waals surface area contributed by atoms with Crippen LogP contribution in [-0.4, -0.2) is 12.2 Å². The number of methoxy groups -OCH3 is 1. The molecular weight excluding hydrogens is 188 g/mol. The lowest BCUT2D eigenvalue weighted by Crippen LogP contribution is -1.97. The summed E-state index contributed by atoms with van der Waals surface area (Å²) in [5, 5.41) is 11.8. The number of fused-ring (bicyclic) bond motifs is 1. The van der Waals surface area contributed by atoms with E-state index in [0.29, 0.717) is 0 Å². The van der Waals surface area contributed by atoms with Gasteiger partial charge in [0.1, 0.15) is 5.75 Å². The van der Waals surface area contributed by atoms with Crippen molar-refractivity contribution in [2.75, 3.05) is 7.11 Å². The topological polar surface area (TPSA) is 29.5 Å². The van der Waals surface area contributed by atoms with E-state index in [1.54, 1.807) is 14.0 Å². The summed E-state index contributed by atoms with van der Waals surface area (Å²) in [4.78, 5) is 0. The SMILES string of the molecule is COc1c(C(C)O)ccc2ccccc12. The first-order valence-corrected chi connectivity index (χ1v) is 4.97. The molecule has 0 bridgehead atoms. The zero-order chi connectivity index (χ0) is 10.8. The van der Waals surface area contributed by atoms with Crippen molar-refractivity contribution in [3.63, 3.8) is 0 Å². The number of ether oxygens (including phenoxy) is 1. The molecule has 0 aliphatic rings. The third-order valence-corrected chi connectivity index (χ3v) is 2.56. The van der Waals surface area contributed by atoms with Gasteiger partial charge in [0.15, 0.2) is 0 Å². The third kappa shape index (κ3) is 1.68. The van der Waals surface area contributed by atoms with E-state index in [0.717, 1.165) is 22.1 Å². The van der Waals surface area contributed by atoms with E-state index in [-0.39, 0.29) is 0 Å². The highest BCUT2D eigenvalue weighted by Crippen LogP contribution is 2.33. The third-order valence-electron chi connectivity index (χ3n) is 2.56. The second kappa shape index (κ2) is 3.91. The molecule has 2 nitrogen and oxygen atoms in total. The van der Waals surface area contributed by atoms with Crippen LogP contribution in [0.5, 0.6) is 5.75 Å². The average Bonchev–Trinajstić information content (AvgIpc) is 2.27. The molecule has 2 heteroatoms. The standard InChI is InChI=1S/C13H14O2/c1-9(14)11-8-7-10-5-3-4-6-12(10)13(11)15-2/h3-9,14H,1-2H3. The van der Waals surface area contributed by atoms with Gasteiger partial charge in [-0.15, -0.1) is 0 Å². The first kappa shape index (κ1) is 9.99. The minimum atomic E-state index is -0.510. The molecule has 0 aliphatic heterocycles. The van der Waals surface area contributed by atoms with Gasteiger partial charge in [0.2, 0.25) is 0 Å². The maximum absolute atomic E-state index is 9.62. The molecule has 0 heterocycles. The molecule has 0 saturated carbocycles. The minimum absolute atomic E-state index is 0.510. The van der Waals surface area contributed by atoms with Crippen LogP contribution in [0.15, 0.2) is 36.4 Å². The van der Waals surface area contributed by atoms with Crippen LogP contribution in [0.2, 0.25) is 0 Å². The predicted octanol–water partition coefficient (Wildman–Crippen LogP) is 2.90. The van der Waals surface area contributed by atoms with Crippen LogP contribution in [0.1, 0.15) is 18.6 Å². The molecule has 2 aromatic rings. The normalized spacial score (nSPS) is 12.7. The zero-order valence-corrected chi connectivity index (χ0v) is 8.90. The Morgan fingerprint density at radius 1 is 1.13 bits per heavy atom.